The molecular formula is C27H33N7O. The second kappa shape index (κ2) is 9.26. The predicted molar refractivity (Wildman–Crippen MR) is 136 cm³/mol. The summed E-state index contributed by atoms with van der Waals surface area (Å²) >= 11 is 0. The minimum atomic E-state index is -0.652. The van der Waals surface area contributed by atoms with Gasteiger partial charge in [-0.1, -0.05) is 31.2 Å². The fraction of sp³-hybridized carbons (Fsp3) is 0.407. The van der Waals surface area contributed by atoms with Gasteiger partial charge in [0.05, 0.1) is 5.41 Å². The number of hydrogen-bond acceptors (Lipinski definition) is 6. The highest BCUT2D eigenvalue weighted by atomic mass is 16.1. The van der Waals surface area contributed by atoms with E-state index < -0.39 is 5.41 Å². The quantitative estimate of drug-likeness (QED) is 0.420. The number of carbonyl (C=O) groups is 1. The molecule has 1 heterocycles. The summed E-state index contributed by atoms with van der Waals surface area (Å²) in [5, 5.41) is 21.4. The van der Waals surface area contributed by atoms with E-state index in [-0.39, 0.29) is 11.9 Å². The van der Waals surface area contributed by atoms with Gasteiger partial charge in [-0.05, 0) is 94.5 Å². The molecule has 1 aromatic heterocycles. The second-order valence-corrected chi connectivity index (χ2v) is 9.77. The summed E-state index contributed by atoms with van der Waals surface area (Å²) in [6.07, 6.45) is 5.84. The van der Waals surface area contributed by atoms with Crippen LogP contribution in [-0.4, -0.2) is 46.7 Å². The van der Waals surface area contributed by atoms with Gasteiger partial charge in [-0.3, -0.25) is 4.79 Å². The molecule has 1 amide bonds. The molecule has 0 bridgehead atoms. The topological polar surface area (TPSA) is 122 Å². The molecule has 35 heavy (non-hydrogen) atoms. The zero-order valence-corrected chi connectivity index (χ0v) is 20.4. The highest BCUT2D eigenvalue weighted by Crippen LogP contribution is 2.48. The van der Waals surface area contributed by atoms with Gasteiger partial charge in [0.1, 0.15) is 0 Å². The lowest BCUT2D eigenvalue weighted by atomic mass is 9.64. The molecule has 2 aliphatic carbocycles. The van der Waals surface area contributed by atoms with Crippen LogP contribution < -0.4 is 16.4 Å². The van der Waals surface area contributed by atoms with E-state index in [4.69, 9.17) is 5.73 Å². The fourth-order valence-corrected chi connectivity index (χ4v) is 5.77. The van der Waals surface area contributed by atoms with Crippen LogP contribution >= 0.6 is 0 Å². The van der Waals surface area contributed by atoms with Gasteiger partial charge in [0.15, 0.2) is 5.82 Å². The van der Waals surface area contributed by atoms with Gasteiger partial charge in [0, 0.05) is 31.4 Å². The molecule has 2 atom stereocenters. The summed E-state index contributed by atoms with van der Waals surface area (Å²) in [6, 6.07) is 12.5. The van der Waals surface area contributed by atoms with Crippen molar-refractivity contribution in [3.63, 3.8) is 0 Å². The smallest absolute Gasteiger partial charge is 0.251 e. The molecule has 0 spiro atoms. The minimum absolute atomic E-state index is 0.00165. The first-order valence-electron chi connectivity index (χ1n) is 12.3. The summed E-state index contributed by atoms with van der Waals surface area (Å²) < 4.78 is 0. The van der Waals surface area contributed by atoms with E-state index in [0.717, 1.165) is 53.6 Å². The first-order valence-corrected chi connectivity index (χ1v) is 12.3. The number of nitrogens with two attached hydrogens (primary N) is 1. The van der Waals surface area contributed by atoms with E-state index in [0.29, 0.717) is 23.7 Å². The van der Waals surface area contributed by atoms with Gasteiger partial charge in [-0.25, -0.2) is 5.10 Å². The maximum Gasteiger partial charge on any atom is 0.251 e. The van der Waals surface area contributed by atoms with Crippen LogP contribution in [0.5, 0.6) is 0 Å². The van der Waals surface area contributed by atoms with E-state index in [1.165, 1.54) is 12.0 Å². The lowest BCUT2D eigenvalue weighted by Gasteiger charge is -2.40. The molecule has 1 saturated carbocycles. The molecule has 0 radical (unpaired) electrons. The third-order valence-corrected chi connectivity index (χ3v) is 7.98. The van der Waals surface area contributed by atoms with Crippen molar-refractivity contribution in [2.45, 2.75) is 50.0 Å². The molecule has 0 saturated heterocycles. The van der Waals surface area contributed by atoms with Crippen molar-refractivity contribution in [1.29, 1.82) is 0 Å². The number of amides is 1. The van der Waals surface area contributed by atoms with Crippen LogP contribution in [0.2, 0.25) is 0 Å². The van der Waals surface area contributed by atoms with Crippen molar-refractivity contribution in [3.8, 4) is 0 Å². The Balaban J connectivity index is 1.76. The lowest BCUT2D eigenvalue weighted by Crippen LogP contribution is -2.44. The summed E-state index contributed by atoms with van der Waals surface area (Å²) in [5.74, 6) is 1.08. The molecule has 5 rings (SSSR count). The molecule has 5 N–H and O–H groups in total. The molecule has 2 aromatic carbocycles. The Morgan fingerprint density at radius 1 is 1.11 bits per heavy atom. The van der Waals surface area contributed by atoms with Crippen molar-refractivity contribution in [2.24, 2.45) is 11.7 Å². The van der Waals surface area contributed by atoms with Crippen LogP contribution in [-0.2, 0) is 18.3 Å². The number of aryl methyl sites for hydroxylation is 2. The number of rotatable bonds is 7. The molecule has 1 fully saturated rings. The number of aromatic amines is 1. The van der Waals surface area contributed by atoms with Gasteiger partial charge in [0.2, 0.25) is 0 Å². The molecule has 0 aliphatic heterocycles. The number of carbonyl (C=O) groups excluding carboxylic acids is 1. The summed E-state index contributed by atoms with van der Waals surface area (Å²) in [7, 11) is 3.54. The van der Waals surface area contributed by atoms with Crippen LogP contribution in [0, 0.1) is 5.92 Å². The predicted octanol–water partition coefficient (Wildman–Crippen LogP) is 2.70. The zero-order chi connectivity index (χ0) is 24.6. The monoisotopic (exact) mass is 471 g/mol. The van der Waals surface area contributed by atoms with Crippen molar-refractivity contribution >= 4 is 11.6 Å². The van der Waals surface area contributed by atoms with Crippen molar-refractivity contribution in [2.75, 3.05) is 14.1 Å². The van der Waals surface area contributed by atoms with Gasteiger partial charge < -0.3 is 16.4 Å². The van der Waals surface area contributed by atoms with Crippen LogP contribution in [0.4, 0.5) is 0 Å². The van der Waals surface area contributed by atoms with Crippen LogP contribution in [0.25, 0.3) is 5.70 Å². The maximum atomic E-state index is 12.5. The summed E-state index contributed by atoms with van der Waals surface area (Å²) in [5.41, 5.74) is 13.4. The van der Waals surface area contributed by atoms with E-state index in [1.807, 2.05) is 19.2 Å². The SMILES string of the molecule is C=C(NC)c1ccc2c(c1)CCc1cc(C(=O)NC)ccc1C2(C[C@H](N)C1CCC1)c1nnn[nH]1. The number of benzene rings is 2. The summed E-state index contributed by atoms with van der Waals surface area (Å²) in [4.78, 5) is 12.5. The zero-order valence-electron chi connectivity index (χ0n) is 20.4. The number of nitrogens with zero attached hydrogens (tertiary/aromatic N) is 3. The van der Waals surface area contributed by atoms with Crippen LogP contribution in [0.15, 0.2) is 43.0 Å². The Labute approximate surface area is 205 Å². The lowest BCUT2D eigenvalue weighted by molar-refractivity contribution is 0.0963. The van der Waals surface area contributed by atoms with Crippen LogP contribution in [0.3, 0.4) is 0 Å². The van der Waals surface area contributed by atoms with E-state index in [2.05, 4.69) is 62.1 Å². The first-order chi connectivity index (χ1) is 17.0. The van der Waals surface area contributed by atoms with E-state index >= 15 is 0 Å². The minimum Gasteiger partial charge on any atom is -0.388 e. The number of H-pyrrole nitrogens is 1. The average Bonchev–Trinajstić information content (AvgIpc) is 3.35. The highest BCUT2D eigenvalue weighted by Gasteiger charge is 2.46. The Bertz CT molecular complexity index is 1180. The van der Waals surface area contributed by atoms with Gasteiger partial charge >= 0.3 is 0 Å². The molecule has 8 heteroatoms. The molecule has 2 aliphatic rings. The Morgan fingerprint density at radius 2 is 1.77 bits per heavy atom. The molecule has 1 unspecified atom stereocenters. The number of nitrogens with one attached hydrogen (secondary N) is 3. The molecular weight excluding hydrogens is 438 g/mol. The Hall–Kier alpha value is -3.52. The van der Waals surface area contributed by atoms with Gasteiger partial charge in [-0.15, -0.1) is 5.10 Å². The van der Waals surface area contributed by atoms with Crippen molar-refractivity contribution < 1.29 is 4.79 Å². The average molecular weight is 472 g/mol. The van der Waals surface area contributed by atoms with E-state index in [9.17, 15) is 4.79 Å². The van der Waals surface area contributed by atoms with E-state index in [1.54, 1.807) is 7.05 Å². The maximum absolute atomic E-state index is 12.5. The number of fused-ring (bicyclic) bond motifs is 2. The fourth-order valence-electron chi connectivity index (χ4n) is 5.77. The summed E-state index contributed by atoms with van der Waals surface area (Å²) in [6.45, 7) is 4.16. The van der Waals surface area contributed by atoms with Gasteiger partial charge in [-0.2, -0.15) is 0 Å². The second-order valence-electron chi connectivity index (χ2n) is 9.77. The third-order valence-electron chi connectivity index (χ3n) is 7.98. The van der Waals surface area contributed by atoms with Crippen LogP contribution in [0.1, 0.15) is 69.7 Å². The Kier molecular flexibility index (Phi) is 6.15. The van der Waals surface area contributed by atoms with Crippen molar-refractivity contribution in [1.82, 2.24) is 31.3 Å². The van der Waals surface area contributed by atoms with Crippen molar-refractivity contribution in [3.05, 3.63) is 82.2 Å². The Morgan fingerprint density at radius 3 is 2.31 bits per heavy atom. The molecule has 182 valence electrons. The number of hydrogen-bond donors (Lipinski definition) is 4. The number of tetrazole rings is 1. The standard InChI is InChI=1S/C27H33N7O/c1-16(29-2)18-9-11-22-19(13-18)7-8-20-14-21(25(35)30-3)10-12-23(20)27(22,26-31-33-34-32-26)15-24(28)17-5-4-6-17/h9-14,17,24,29H,1,4-8,15,28H2,2-3H3,(H,30,35)(H,31,32,33,34)/t24-,27?/m0/s1. The third kappa shape index (κ3) is 3.91. The van der Waals surface area contributed by atoms with Gasteiger partial charge in [0.25, 0.3) is 5.91 Å². The largest absolute Gasteiger partial charge is 0.388 e. The number of aromatic nitrogens is 4. The first kappa shape index (κ1) is 23.2. The highest BCUT2D eigenvalue weighted by molar-refractivity contribution is 5.94. The molecule has 3 aromatic rings. The normalized spacial score (nSPS) is 20.1. The molecule has 8 nitrogen and oxygen atoms in total.